The monoisotopic (exact) mass is 350 g/mol. The molecular weight excluding hydrogens is 332 g/mol. The van der Waals surface area contributed by atoms with Crippen LogP contribution in [0.3, 0.4) is 0 Å². The summed E-state index contributed by atoms with van der Waals surface area (Å²) in [5, 5.41) is 13.9. The third kappa shape index (κ3) is 4.50. The van der Waals surface area contributed by atoms with E-state index in [1.54, 1.807) is 22.9 Å². The number of carbonyl (C=O) groups is 2. The summed E-state index contributed by atoms with van der Waals surface area (Å²) in [6, 6.07) is 14.5. The quantitative estimate of drug-likeness (QED) is 0.649. The van der Waals surface area contributed by atoms with Crippen molar-refractivity contribution in [3.05, 3.63) is 71.5 Å². The predicted molar refractivity (Wildman–Crippen MR) is 94.5 cm³/mol. The number of tetrazole rings is 1. The fourth-order valence-corrected chi connectivity index (χ4v) is 2.52. The summed E-state index contributed by atoms with van der Waals surface area (Å²) in [4.78, 5) is 23.2. The minimum Gasteiger partial charge on any atom is -0.366 e. The molecule has 1 heterocycles. The topological polar surface area (TPSA) is 116 Å². The molecule has 3 aromatic rings. The van der Waals surface area contributed by atoms with Gasteiger partial charge in [0.2, 0.25) is 11.8 Å². The molecule has 3 rings (SSSR count). The number of nitrogens with zero attached hydrogens (tertiary/aromatic N) is 4. The molecule has 0 aliphatic rings. The van der Waals surface area contributed by atoms with Gasteiger partial charge < -0.3 is 11.1 Å². The van der Waals surface area contributed by atoms with Crippen molar-refractivity contribution in [2.45, 2.75) is 12.8 Å². The molecule has 0 saturated carbocycles. The van der Waals surface area contributed by atoms with Gasteiger partial charge in [-0.3, -0.25) is 9.59 Å². The minimum absolute atomic E-state index is 0.0637. The van der Waals surface area contributed by atoms with Gasteiger partial charge in [-0.15, -0.1) is 5.10 Å². The lowest BCUT2D eigenvalue weighted by molar-refractivity contribution is -0.120. The van der Waals surface area contributed by atoms with Crippen LogP contribution >= 0.6 is 0 Å². The second-order valence-electron chi connectivity index (χ2n) is 5.76. The molecule has 0 radical (unpaired) electrons. The van der Waals surface area contributed by atoms with Crippen molar-refractivity contribution in [1.29, 1.82) is 0 Å². The second-order valence-corrected chi connectivity index (χ2v) is 5.76. The molecule has 1 aromatic heterocycles. The van der Waals surface area contributed by atoms with Gasteiger partial charge in [0.05, 0.1) is 12.1 Å². The number of nitrogens with one attached hydrogen (secondary N) is 1. The van der Waals surface area contributed by atoms with E-state index in [0.717, 1.165) is 16.8 Å². The van der Waals surface area contributed by atoms with Crippen LogP contribution in [-0.4, -0.2) is 38.6 Å². The van der Waals surface area contributed by atoms with E-state index in [4.69, 9.17) is 5.73 Å². The first kappa shape index (κ1) is 17.3. The lowest BCUT2D eigenvalue weighted by Gasteiger charge is -2.07. The molecular formula is C18H18N6O2. The van der Waals surface area contributed by atoms with Gasteiger partial charge >= 0.3 is 0 Å². The summed E-state index contributed by atoms with van der Waals surface area (Å²) in [5.41, 5.74) is 8.41. The molecule has 0 aliphatic heterocycles. The highest BCUT2D eigenvalue weighted by atomic mass is 16.1. The fourth-order valence-electron chi connectivity index (χ4n) is 2.52. The Morgan fingerprint density at radius 3 is 2.58 bits per heavy atom. The lowest BCUT2D eigenvalue weighted by Crippen LogP contribution is -2.27. The number of aromatic nitrogens is 4. The van der Waals surface area contributed by atoms with Gasteiger partial charge in [-0.2, -0.15) is 0 Å². The van der Waals surface area contributed by atoms with Crippen LogP contribution < -0.4 is 11.1 Å². The van der Waals surface area contributed by atoms with Crippen LogP contribution in [0.5, 0.6) is 0 Å². The molecule has 2 amide bonds. The first-order valence-corrected chi connectivity index (χ1v) is 8.09. The zero-order valence-corrected chi connectivity index (χ0v) is 14.0. The number of benzene rings is 2. The van der Waals surface area contributed by atoms with Crippen LogP contribution in [0, 0.1) is 0 Å². The molecule has 26 heavy (non-hydrogen) atoms. The molecule has 3 N–H and O–H groups in total. The summed E-state index contributed by atoms with van der Waals surface area (Å²) in [5.74, 6) is -0.521. The average Bonchev–Trinajstić information content (AvgIpc) is 3.17. The molecule has 0 fully saturated rings. The highest BCUT2D eigenvalue weighted by Crippen LogP contribution is 2.08. The highest BCUT2D eigenvalue weighted by molar-refractivity contribution is 5.92. The Balaban J connectivity index is 1.48. The van der Waals surface area contributed by atoms with Crippen molar-refractivity contribution < 1.29 is 9.59 Å². The number of primary amides is 1. The van der Waals surface area contributed by atoms with Crippen molar-refractivity contribution in [2.75, 3.05) is 6.54 Å². The van der Waals surface area contributed by atoms with Gasteiger partial charge in [0.25, 0.3) is 0 Å². The fraction of sp³-hybridized carbons (Fsp3) is 0.167. The normalized spacial score (nSPS) is 10.5. The molecule has 8 nitrogen and oxygen atoms in total. The molecule has 0 saturated heterocycles. The van der Waals surface area contributed by atoms with Crippen LogP contribution in [0.4, 0.5) is 0 Å². The maximum atomic E-state index is 12.1. The van der Waals surface area contributed by atoms with Crippen molar-refractivity contribution >= 4 is 11.8 Å². The lowest BCUT2D eigenvalue weighted by atomic mass is 10.1. The summed E-state index contributed by atoms with van der Waals surface area (Å²) in [6.07, 6.45) is 2.43. The Morgan fingerprint density at radius 2 is 1.88 bits per heavy atom. The maximum Gasteiger partial charge on any atom is 0.248 e. The molecule has 0 bridgehead atoms. The zero-order valence-electron chi connectivity index (χ0n) is 14.0. The summed E-state index contributed by atoms with van der Waals surface area (Å²) in [7, 11) is 0. The molecule has 0 atom stereocenters. The summed E-state index contributed by atoms with van der Waals surface area (Å²) < 4.78 is 1.55. The Morgan fingerprint density at radius 1 is 1.08 bits per heavy atom. The number of rotatable bonds is 7. The van der Waals surface area contributed by atoms with E-state index in [1.165, 1.54) is 6.33 Å². The predicted octanol–water partition coefficient (Wildman–Crippen LogP) is 0.663. The molecule has 0 spiro atoms. The maximum absolute atomic E-state index is 12.1. The third-order valence-electron chi connectivity index (χ3n) is 3.86. The summed E-state index contributed by atoms with van der Waals surface area (Å²) >= 11 is 0. The van der Waals surface area contributed by atoms with Crippen molar-refractivity contribution in [1.82, 2.24) is 25.5 Å². The molecule has 0 unspecified atom stereocenters. The van der Waals surface area contributed by atoms with Gasteiger partial charge in [-0.25, -0.2) is 4.68 Å². The van der Waals surface area contributed by atoms with E-state index in [0.29, 0.717) is 18.5 Å². The average molecular weight is 350 g/mol. The van der Waals surface area contributed by atoms with E-state index in [9.17, 15) is 9.59 Å². The number of carbonyl (C=O) groups excluding carboxylic acids is 2. The number of nitrogens with two attached hydrogens (primary N) is 1. The van der Waals surface area contributed by atoms with Crippen LogP contribution in [-0.2, 0) is 17.6 Å². The molecule has 132 valence electrons. The van der Waals surface area contributed by atoms with Crippen LogP contribution in [0.1, 0.15) is 21.5 Å². The van der Waals surface area contributed by atoms with Gasteiger partial charge in [0.1, 0.15) is 6.33 Å². The standard InChI is InChI=1S/C18H18N6O2/c19-18(26)15-3-1-2-13(10-15)8-9-20-17(25)11-14-4-6-16(7-5-14)24-12-21-22-23-24/h1-7,10,12H,8-9,11H2,(H2,19,26)(H,20,25). The van der Waals surface area contributed by atoms with E-state index >= 15 is 0 Å². The van der Waals surface area contributed by atoms with Crippen LogP contribution in [0.2, 0.25) is 0 Å². The number of amides is 2. The largest absolute Gasteiger partial charge is 0.366 e. The highest BCUT2D eigenvalue weighted by Gasteiger charge is 2.05. The molecule has 0 aliphatic carbocycles. The number of hydrogen-bond acceptors (Lipinski definition) is 5. The first-order chi connectivity index (χ1) is 12.6. The first-order valence-electron chi connectivity index (χ1n) is 8.09. The van der Waals surface area contributed by atoms with E-state index < -0.39 is 5.91 Å². The van der Waals surface area contributed by atoms with E-state index in [1.807, 2.05) is 30.3 Å². The van der Waals surface area contributed by atoms with Crippen molar-refractivity contribution in [3.63, 3.8) is 0 Å². The van der Waals surface area contributed by atoms with Crippen LogP contribution in [0.15, 0.2) is 54.9 Å². The van der Waals surface area contributed by atoms with Gasteiger partial charge in [-0.1, -0.05) is 24.3 Å². The molecule has 2 aromatic carbocycles. The van der Waals surface area contributed by atoms with Crippen molar-refractivity contribution in [2.24, 2.45) is 5.73 Å². The number of hydrogen-bond donors (Lipinski definition) is 2. The summed E-state index contributed by atoms with van der Waals surface area (Å²) in [6.45, 7) is 0.490. The molecule has 8 heteroatoms. The minimum atomic E-state index is -0.457. The smallest absolute Gasteiger partial charge is 0.248 e. The Labute approximate surface area is 150 Å². The van der Waals surface area contributed by atoms with Gasteiger partial charge in [0.15, 0.2) is 0 Å². The zero-order chi connectivity index (χ0) is 18.4. The SMILES string of the molecule is NC(=O)c1cccc(CCNC(=O)Cc2ccc(-n3cnnn3)cc2)c1. The Kier molecular flexibility index (Phi) is 5.33. The van der Waals surface area contributed by atoms with Crippen molar-refractivity contribution in [3.8, 4) is 5.69 Å². The second kappa shape index (κ2) is 8.02. The van der Waals surface area contributed by atoms with Gasteiger partial charge in [-0.05, 0) is 52.2 Å². The van der Waals surface area contributed by atoms with Gasteiger partial charge in [0, 0.05) is 12.1 Å². The van der Waals surface area contributed by atoms with E-state index in [2.05, 4.69) is 20.8 Å². The Bertz CT molecular complexity index is 890. The van der Waals surface area contributed by atoms with E-state index in [-0.39, 0.29) is 12.3 Å². The third-order valence-corrected chi connectivity index (χ3v) is 3.86. The Hall–Kier alpha value is -3.55. The van der Waals surface area contributed by atoms with Crippen LogP contribution in [0.25, 0.3) is 5.69 Å².